The molecule has 2 unspecified atom stereocenters. The smallest absolute Gasteiger partial charge is 0.323 e. The lowest BCUT2D eigenvalue weighted by molar-refractivity contribution is -0.212. The van der Waals surface area contributed by atoms with Crippen LogP contribution in [0, 0.1) is 6.92 Å². The van der Waals surface area contributed by atoms with Crippen LogP contribution in [0.25, 0.3) is 10.8 Å². The summed E-state index contributed by atoms with van der Waals surface area (Å²) < 4.78 is 12.5. The molecule has 0 radical (unpaired) electrons. The fourth-order valence-electron chi connectivity index (χ4n) is 4.74. The molecule has 170 valence electrons. The summed E-state index contributed by atoms with van der Waals surface area (Å²) >= 11 is 0. The van der Waals surface area contributed by atoms with Crippen molar-refractivity contribution in [2.75, 3.05) is 19.8 Å². The molecule has 0 saturated carbocycles. The quantitative estimate of drug-likeness (QED) is 0.446. The highest BCUT2D eigenvalue weighted by Crippen LogP contribution is 2.31. The summed E-state index contributed by atoms with van der Waals surface area (Å²) in [5, 5.41) is 2.53. The largest absolute Gasteiger partial charge is 0.350 e. The van der Waals surface area contributed by atoms with E-state index in [1.165, 1.54) is 21.9 Å². The topological polar surface area (TPSA) is 70.3 Å². The lowest BCUT2D eigenvalue weighted by Gasteiger charge is -2.41. The number of rotatable bonds is 7. The van der Waals surface area contributed by atoms with Crippen molar-refractivity contribution in [2.24, 2.45) is 0 Å². The van der Waals surface area contributed by atoms with Crippen LogP contribution in [0.3, 0.4) is 0 Å². The van der Waals surface area contributed by atoms with Crippen LogP contribution in [0.1, 0.15) is 28.4 Å². The first kappa shape index (κ1) is 21.6. The molecule has 2 N–H and O–H groups in total. The third kappa shape index (κ3) is 4.93. The Labute approximate surface area is 193 Å². The van der Waals surface area contributed by atoms with Gasteiger partial charge >= 0.3 is 5.69 Å². The number of aryl methyl sites for hydroxylation is 1. The number of hydrogen-bond donors (Lipinski definition) is 2. The predicted octanol–water partition coefficient (Wildman–Crippen LogP) is 4.32. The van der Waals surface area contributed by atoms with Crippen LogP contribution in [0.2, 0.25) is 0 Å². The summed E-state index contributed by atoms with van der Waals surface area (Å²) in [6, 6.07) is 23.2. The average molecular weight is 444 g/mol. The highest BCUT2D eigenvalue weighted by molar-refractivity contribution is 5.86. The second-order valence-electron chi connectivity index (χ2n) is 8.60. The van der Waals surface area contributed by atoms with E-state index in [2.05, 4.69) is 70.3 Å². The molecule has 4 aromatic rings. The van der Waals surface area contributed by atoms with Gasteiger partial charge in [-0.3, -0.25) is 4.90 Å². The SMILES string of the molecule is Cc1cc(CCOC2OCCN(Cc3c[nH]c(=O)[nH]3)C2c2ccccc2)c2ccccc2c1. The average Bonchev–Trinajstić information content (AvgIpc) is 3.24. The molecule has 0 bridgehead atoms. The van der Waals surface area contributed by atoms with E-state index in [1.807, 2.05) is 18.2 Å². The molecule has 2 atom stereocenters. The Balaban J connectivity index is 1.34. The van der Waals surface area contributed by atoms with Crippen molar-refractivity contribution in [3.8, 4) is 0 Å². The Morgan fingerprint density at radius 2 is 1.91 bits per heavy atom. The Bertz CT molecular complexity index is 1260. The van der Waals surface area contributed by atoms with Gasteiger partial charge < -0.3 is 19.4 Å². The zero-order chi connectivity index (χ0) is 22.6. The van der Waals surface area contributed by atoms with E-state index in [1.54, 1.807) is 6.20 Å². The van der Waals surface area contributed by atoms with E-state index >= 15 is 0 Å². The van der Waals surface area contributed by atoms with E-state index in [0.29, 0.717) is 19.8 Å². The summed E-state index contributed by atoms with van der Waals surface area (Å²) in [4.78, 5) is 19.4. The number of H-pyrrole nitrogens is 2. The maximum atomic E-state index is 11.6. The summed E-state index contributed by atoms with van der Waals surface area (Å²) in [7, 11) is 0. The molecular weight excluding hydrogens is 414 g/mol. The van der Waals surface area contributed by atoms with Crippen LogP contribution in [-0.4, -0.2) is 40.9 Å². The van der Waals surface area contributed by atoms with Gasteiger partial charge in [-0.15, -0.1) is 0 Å². The van der Waals surface area contributed by atoms with Gasteiger partial charge in [0.05, 0.1) is 19.3 Å². The molecule has 5 rings (SSSR count). The van der Waals surface area contributed by atoms with Crippen molar-refractivity contribution >= 4 is 10.8 Å². The number of fused-ring (bicyclic) bond motifs is 1. The normalized spacial score (nSPS) is 19.2. The van der Waals surface area contributed by atoms with Gasteiger partial charge in [0.15, 0.2) is 6.29 Å². The molecule has 0 amide bonds. The monoisotopic (exact) mass is 443 g/mol. The number of nitrogens with zero attached hydrogens (tertiary/aromatic N) is 1. The Morgan fingerprint density at radius 3 is 2.73 bits per heavy atom. The van der Waals surface area contributed by atoms with Crippen molar-refractivity contribution < 1.29 is 9.47 Å². The fourth-order valence-corrected chi connectivity index (χ4v) is 4.74. The van der Waals surface area contributed by atoms with Crippen molar-refractivity contribution in [2.45, 2.75) is 32.2 Å². The standard InChI is InChI=1S/C27H29N3O3/c1-19-15-21-9-5-6-10-24(21)22(16-19)11-13-32-26-25(20-7-3-2-4-8-20)30(12-14-33-26)18-23-17-28-27(31)29-23/h2-10,15-17,25-26H,11-14,18H2,1H3,(H2,28,29,31). The van der Waals surface area contributed by atoms with E-state index in [4.69, 9.17) is 9.47 Å². The molecule has 1 aromatic heterocycles. The van der Waals surface area contributed by atoms with Crippen LogP contribution >= 0.6 is 0 Å². The van der Waals surface area contributed by atoms with Gasteiger partial charge in [-0.2, -0.15) is 0 Å². The molecule has 1 aliphatic heterocycles. The minimum absolute atomic E-state index is 0.0624. The van der Waals surface area contributed by atoms with Crippen LogP contribution in [0.5, 0.6) is 0 Å². The Morgan fingerprint density at radius 1 is 1.09 bits per heavy atom. The number of aromatic amines is 2. The summed E-state index contributed by atoms with van der Waals surface area (Å²) in [5.74, 6) is 0. The van der Waals surface area contributed by atoms with Crippen LogP contribution in [0.4, 0.5) is 0 Å². The zero-order valence-corrected chi connectivity index (χ0v) is 18.8. The number of nitrogens with one attached hydrogen (secondary N) is 2. The summed E-state index contributed by atoms with van der Waals surface area (Å²) in [6.07, 6.45) is 2.16. The van der Waals surface area contributed by atoms with Gasteiger partial charge in [0.2, 0.25) is 0 Å². The highest BCUT2D eigenvalue weighted by atomic mass is 16.7. The molecule has 1 fully saturated rings. The van der Waals surface area contributed by atoms with Crippen molar-refractivity contribution in [3.05, 3.63) is 106 Å². The number of morpholine rings is 1. The minimum Gasteiger partial charge on any atom is -0.350 e. The first-order valence-electron chi connectivity index (χ1n) is 11.4. The minimum atomic E-state index is -0.386. The lowest BCUT2D eigenvalue weighted by atomic mass is 9.99. The van der Waals surface area contributed by atoms with Gasteiger partial charge in [-0.05, 0) is 35.2 Å². The maximum Gasteiger partial charge on any atom is 0.323 e. The Kier molecular flexibility index (Phi) is 6.39. The zero-order valence-electron chi connectivity index (χ0n) is 18.8. The van der Waals surface area contributed by atoms with Crippen molar-refractivity contribution in [1.29, 1.82) is 0 Å². The second kappa shape index (κ2) is 9.75. The molecule has 1 aliphatic rings. The van der Waals surface area contributed by atoms with Crippen molar-refractivity contribution in [1.82, 2.24) is 14.9 Å². The van der Waals surface area contributed by atoms with Crippen molar-refractivity contribution in [3.63, 3.8) is 0 Å². The third-order valence-electron chi connectivity index (χ3n) is 6.22. The molecule has 6 nitrogen and oxygen atoms in total. The number of ether oxygens (including phenoxy) is 2. The first-order chi connectivity index (χ1) is 16.2. The molecule has 0 aliphatic carbocycles. The van der Waals surface area contributed by atoms with Gasteiger partial charge in [0.25, 0.3) is 0 Å². The number of hydrogen-bond acceptors (Lipinski definition) is 4. The lowest BCUT2D eigenvalue weighted by Crippen LogP contribution is -2.46. The molecule has 1 saturated heterocycles. The van der Waals surface area contributed by atoms with Gasteiger partial charge in [0, 0.05) is 25.0 Å². The van der Waals surface area contributed by atoms with Gasteiger partial charge in [-0.1, -0.05) is 72.3 Å². The van der Waals surface area contributed by atoms with Gasteiger partial charge in [-0.25, -0.2) is 4.79 Å². The van der Waals surface area contributed by atoms with E-state index in [-0.39, 0.29) is 18.0 Å². The van der Waals surface area contributed by atoms with Gasteiger partial charge in [0.1, 0.15) is 0 Å². The van der Waals surface area contributed by atoms with E-state index < -0.39 is 0 Å². The van der Waals surface area contributed by atoms with E-state index in [9.17, 15) is 4.79 Å². The second-order valence-corrected chi connectivity index (χ2v) is 8.60. The Hall–Kier alpha value is -3.19. The highest BCUT2D eigenvalue weighted by Gasteiger charge is 2.34. The fraction of sp³-hybridized carbons (Fsp3) is 0.296. The molecule has 2 heterocycles. The summed E-state index contributed by atoms with van der Waals surface area (Å²) in [5.41, 5.74) is 4.35. The first-order valence-corrected chi connectivity index (χ1v) is 11.4. The third-order valence-corrected chi connectivity index (χ3v) is 6.22. The van der Waals surface area contributed by atoms with Crippen LogP contribution in [-0.2, 0) is 22.4 Å². The molecule has 0 spiro atoms. The predicted molar refractivity (Wildman–Crippen MR) is 129 cm³/mol. The molecular formula is C27H29N3O3. The van der Waals surface area contributed by atoms with Crippen LogP contribution < -0.4 is 5.69 Å². The molecule has 33 heavy (non-hydrogen) atoms. The number of imidazole rings is 1. The summed E-state index contributed by atoms with van der Waals surface area (Å²) in [6.45, 7) is 4.65. The number of benzene rings is 3. The molecule has 3 aromatic carbocycles. The molecule has 6 heteroatoms. The maximum absolute atomic E-state index is 11.6. The number of aromatic nitrogens is 2. The van der Waals surface area contributed by atoms with Crippen LogP contribution in [0.15, 0.2) is 77.7 Å². The van der Waals surface area contributed by atoms with E-state index in [0.717, 1.165) is 24.2 Å².